The molecule has 3 saturated heterocycles. The molecule has 3 heterocycles. The van der Waals surface area contributed by atoms with Crippen LogP contribution in [0.3, 0.4) is 0 Å². The molecule has 8 rings (SSSR count). The molecular weight excluding hydrogens is 636 g/mol. The lowest BCUT2D eigenvalue weighted by atomic mass is 9.41. The minimum atomic E-state index is -0.844. The molecule has 0 aromatic heterocycles. The topological polar surface area (TPSA) is 126 Å². The maximum absolute atomic E-state index is 13.3. The molecule has 8 fully saturated rings. The van der Waals surface area contributed by atoms with E-state index in [1.807, 2.05) is 0 Å². The molecule has 280 valence electrons. The van der Waals surface area contributed by atoms with Gasteiger partial charge in [-0.15, -0.1) is 0 Å². The molecule has 0 aromatic carbocycles. The van der Waals surface area contributed by atoms with Crippen molar-refractivity contribution in [3.63, 3.8) is 0 Å². The smallest absolute Gasteiger partial charge is 0.410 e. The zero-order chi connectivity index (χ0) is 35.8. The second kappa shape index (κ2) is 11.5. The molecule has 10 heteroatoms. The first kappa shape index (κ1) is 35.0. The number of carbonyl (C=O) groups excluding carboxylic acids is 2. The Bertz CT molecular complexity index is 1420. The highest BCUT2D eigenvalue weighted by atomic mass is 16.6. The lowest BCUT2D eigenvalue weighted by molar-refractivity contribution is -0.185. The van der Waals surface area contributed by atoms with Crippen LogP contribution >= 0.6 is 0 Å². The van der Waals surface area contributed by atoms with Gasteiger partial charge in [-0.25, -0.2) is 9.59 Å². The van der Waals surface area contributed by atoms with Crippen LogP contribution < -0.4 is 0 Å². The summed E-state index contributed by atoms with van der Waals surface area (Å²) in [6.07, 6.45) is 7.57. The van der Waals surface area contributed by atoms with Gasteiger partial charge in [0.1, 0.15) is 12.2 Å². The van der Waals surface area contributed by atoms with Gasteiger partial charge in [-0.05, 0) is 110 Å². The van der Waals surface area contributed by atoms with Crippen molar-refractivity contribution in [3.05, 3.63) is 0 Å². The quantitative estimate of drug-likeness (QED) is 0.330. The van der Waals surface area contributed by atoms with E-state index in [4.69, 9.17) is 14.2 Å². The molecule has 2 spiro atoms. The third kappa shape index (κ3) is 4.54. The first-order chi connectivity index (χ1) is 23.5. The van der Waals surface area contributed by atoms with Gasteiger partial charge in [0, 0.05) is 37.0 Å². The van der Waals surface area contributed by atoms with Crippen molar-refractivity contribution >= 4 is 18.2 Å². The van der Waals surface area contributed by atoms with E-state index in [1.54, 1.807) is 9.80 Å². The molecule has 14 atom stereocenters. The predicted octanol–water partition coefficient (Wildman–Crippen LogP) is 6.58. The first-order valence-corrected chi connectivity index (χ1v) is 20.0. The van der Waals surface area contributed by atoms with Crippen molar-refractivity contribution in [2.45, 2.75) is 143 Å². The van der Waals surface area contributed by atoms with Gasteiger partial charge < -0.3 is 34.2 Å². The maximum Gasteiger partial charge on any atom is 0.410 e. The van der Waals surface area contributed by atoms with Crippen molar-refractivity contribution in [3.8, 4) is 0 Å². The SMILES string of the molecule is CC(C)[C@@H](OC(=O)N1CCC1)C1C[C@@H](C)C2C(O1)[C@H](O)[C@@]1(C)C3CC[C@H]4C(C)(C)[C@@H](OC(=O)N5CC[C@H](C(=O)O)C5)CCC45CC35CC[C@]21C. The summed E-state index contributed by atoms with van der Waals surface area (Å²) in [4.78, 5) is 41.1. The van der Waals surface area contributed by atoms with Crippen LogP contribution in [0.4, 0.5) is 9.59 Å². The number of aliphatic hydroxyl groups excluding tert-OH is 1. The van der Waals surface area contributed by atoms with Crippen LogP contribution in [-0.4, -0.2) is 94.9 Å². The predicted molar refractivity (Wildman–Crippen MR) is 185 cm³/mol. The highest BCUT2D eigenvalue weighted by Gasteiger charge is 2.84. The van der Waals surface area contributed by atoms with Crippen LogP contribution in [0.2, 0.25) is 0 Å². The molecule has 50 heavy (non-hydrogen) atoms. The first-order valence-electron chi connectivity index (χ1n) is 20.0. The normalized spacial score (nSPS) is 49.0. The number of fused-ring (bicyclic) bond motifs is 4. The number of carboxylic acids is 1. The van der Waals surface area contributed by atoms with Crippen LogP contribution in [0.15, 0.2) is 0 Å². The van der Waals surface area contributed by atoms with Gasteiger partial charge in [-0.3, -0.25) is 4.79 Å². The van der Waals surface area contributed by atoms with Gasteiger partial charge >= 0.3 is 18.2 Å². The molecule has 3 aliphatic heterocycles. The summed E-state index contributed by atoms with van der Waals surface area (Å²) in [6, 6.07) is 0. The van der Waals surface area contributed by atoms with Gasteiger partial charge in [0.25, 0.3) is 0 Å². The van der Waals surface area contributed by atoms with Crippen LogP contribution in [-0.2, 0) is 19.0 Å². The number of ether oxygens (including phenoxy) is 3. The van der Waals surface area contributed by atoms with Crippen LogP contribution in [0.5, 0.6) is 0 Å². The van der Waals surface area contributed by atoms with E-state index in [1.165, 1.54) is 12.8 Å². The molecule has 2 amide bonds. The minimum Gasteiger partial charge on any atom is -0.481 e. The molecule has 6 unspecified atom stereocenters. The number of nitrogens with zero attached hydrogens (tertiary/aromatic N) is 2. The van der Waals surface area contributed by atoms with Crippen molar-refractivity contribution in [1.82, 2.24) is 9.80 Å². The minimum absolute atomic E-state index is 0.0541. The molecule has 0 aromatic rings. The summed E-state index contributed by atoms with van der Waals surface area (Å²) in [5.41, 5.74) is -0.150. The van der Waals surface area contributed by atoms with Gasteiger partial charge in [0.15, 0.2) is 0 Å². The van der Waals surface area contributed by atoms with Crippen LogP contribution in [0.25, 0.3) is 0 Å². The largest absolute Gasteiger partial charge is 0.481 e. The molecule has 8 aliphatic rings. The Morgan fingerprint density at radius 2 is 1.58 bits per heavy atom. The zero-order valence-corrected chi connectivity index (χ0v) is 31.5. The highest BCUT2D eigenvalue weighted by molar-refractivity contribution is 5.74. The molecule has 10 nitrogen and oxygen atoms in total. The molecule has 0 bridgehead atoms. The Morgan fingerprint density at radius 1 is 0.880 bits per heavy atom. The van der Waals surface area contributed by atoms with Crippen molar-refractivity contribution in [2.75, 3.05) is 26.2 Å². The lowest BCUT2D eigenvalue weighted by Crippen LogP contribution is -2.60. The fourth-order valence-corrected chi connectivity index (χ4v) is 14.4. The van der Waals surface area contributed by atoms with E-state index in [0.29, 0.717) is 30.7 Å². The van der Waals surface area contributed by atoms with Gasteiger partial charge in [0.05, 0.1) is 24.2 Å². The fourth-order valence-electron chi connectivity index (χ4n) is 14.4. The summed E-state index contributed by atoms with van der Waals surface area (Å²) in [7, 11) is 0. The second-order valence-corrected chi connectivity index (χ2v) is 19.6. The van der Waals surface area contributed by atoms with Crippen molar-refractivity contribution in [2.24, 2.45) is 62.6 Å². The van der Waals surface area contributed by atoms with Gasteiger partial charge in [-0.1, -0.05) is 48.5 Å². The average molecular weight is 699 g/mol. The Hall–Kier alpha value is -2.07. The number of hydrogen-bond acceptors (Lipinski definition) is 7. The number of rotatable bonds is 5. The van der Waals surface area contributed by atoms with Crippen LogP contribution in [0.1, 0.15) is 113 Å². The summed E-state index contributed by atoms with van der Waals surface area (Å²) in [5, 5.41) is 22.1. The Balaban J connectivity index is 1.01. The molecule has 5 aliphatic carbocycles. The number of carbonyl (C=O) groups is 3. The van der Waals surface area contributed by atoms with E-state index in [0.717, 1.165) is 58.0 Å². The zero-order valence-electron chi connectivity index (χ0n) is 31.5. The molecular formula is C40H62N2O8. The summed E-state index contributed by atoms with van der Waals surface area (Å²) < 4.78 is 19.4. The van der Waals surface area contributed by atoms with E-state index < -0.39 is 18.0 Å². The van der Waals surface area contributed by atoms with Crippen LogP contribution in [0, 0.1) is 62.6 Å². The maximum atomic E-state index is 13.3. The lowest BCUT2D eigenvalue weighted by Gasteiger charge is -2.63. The Morgan fingerprint density at radius 3 is 2.22 bits per heavy atom. The van der Waals surface area contributed by atoms with Gasteiger partial charge in [0.2, 0.25) is 0 Å². The fraction of sp³-hybridized carbons (Fsp3) is 0.925. The number of hydrogen-bond donors (Lipinski definition) is 2. The van der Waals surface area contributed by atoms with E-state index in [2.05, 4.69) is 48.5 Å². The van der Waals surface area contributed by atoms with E-state index in [-0.39, 0.29) is 82.1 Å². The monoisotopic (exact) mass is 698 g/mol. The molecule has 5 saturated carbocycles. The number of aliphatic carboxylic acids is 1. The number of amides is 2. The van der Waals surface area contributed by atoms with E-state index >= 15 is 0 Å². The third-order valence-electron chi connectivity index (χ3n) is 17.2. The Labute approximate surface area is 298 Å². The number of likely N-dealkylation sites (tertiary alicyclic amines) is 2. The van der Waals surface area contributed by atoms with Gasteiger partial charge in [-0.2, -0.15) is 0 Å². The number of aliphatic hydroxyl groups is 1. The average Bonchev–Trinajstić information content (AvgIpc) is 3.32. The summed E-state index contributed by atoms with van der Waals surface area (Å²) in [5.74, 6) is 0.183. The summed E-state index contributed by atoms with van der Waals surface area (Å²) >= 11 is 0. The van der Waals surface area contributed by atoms with E-state index in [9.17, 15) is 24.6 Å². The number of carboxylic acid groups (broad SMARTS) is 1. The standard InChI is InChI=1S/C40H62N2O8/c1-22(2)30(50-34(46)41-16-8-17-41)25-19-23(3)29-31(48-25)32(43)38(7)27-10-9-26-36(4,5)28(49-35(47)42-18-12-24(20-42)33(44)45)11-13-39(26)21-40(27,39)15-14-37(29,38)6/h22-32,43H,8-21H2,1-7H3,(H,44,45)/t23-,24+,25?,26+,27?,28+,29?,30-,31?,32+,37-,38-,39?,40?/m1/s1. The second-order valence-electron chi connectivity index (χ2n) is 19.6. The van der Waals surface area contributed by atoms with Crippen molar-refractivity contribution < 1.29 is 38.8 Å². The molecule has 2 N–H and O–H groups in total. The van der Waals surface area contributed by atoms with Crippen molar-refractivity contribution in [1.29, 1.82) is 0 Å². The Kier molecular flexibility index (Phi) is 8.02. The summed E-state index contributed by atoms with van der Waals surface area (Å²) in [6.45, 7) is 18.2. The molecule has 0 radical (unpaired) electrons. The third-order valence-corrected chi connectivity index (χ3v) is 17.2. The highest BCUT2D eigenvalue weighted by Crippen LogP contribution is 2.89.